The van der Waals surface area contributed by atoms with Crippen molar-refractivity contribution in [3.63, 3.8) is 0 Å². The first kappa shape index (κ1) is 16.1. The third-order valence-corrected chi connectivity index (χ3v) is 5.80. The molecule has 0 saturated carbocycles. The number of halogens is 2. The number of benzene rings is 2. The molecule has 1 fully saturated rings. The molecule has 3 nitrogen and oxygen atoms in total. The Hall–Kier alpha value is -1.36. The predicted octanol–water partition coefficient (Wildman–Crippen LogP) is 5.14. The lowest BCUT2D eigenvalue weighted by atomic mass is 10.1. The van der Waals surface area contributed by atoms with Crippen LogP contribution in [0.3, 0.4) is 0 Å². The first-order chi connectivity index (χ1) is 11.6. The van der Waals surface area contributed by atoms with E-state index in [1.54, 1.807) is 0 Å². The fourth-order valence-corrected chi connectivity index (χ4v) is 3.82. The maximum atomic E-state index is 6.45. The summed E-state index contributed by atoms with van der Waals surface area (Å²) >= 11 is 9.99. The quantitative estimate of drug-likeness (QED) is 0.601. The molecule has 1 saturated heterocycles. The maximum Gasteiger partial charge on any atom is 0.114 e. The topological polar surface area (TPSA) is 27.1 Å². The van der Waals surface area contributed by atoms with E-state index in [9.17, 15) is 0 Å². The van der Waals surface area contributed by atoms with Crippen LogP contribution >= 0.6 is 27.5 Å². The van der Waals surface area contributed by atoms with Gasteiger partial charge in [0.05, 0.1) is 23.7 Å². The summed E-state index contributed by atoms with van der Waals surface area (Å²) in [4.78, 5) is 4.85. The number of aromatic nitrogens is 2. The number of hydrogen-bond acceptors (Lipinski definition) is 2. The molecule has 0 bridgehead atoms. The van der Waals surface area contributed by atoms with Crippen LogP contribution in [-0.4, -0.2) is 22.3 Å². The highest BCUT2D eigenvalue weighted by Gasteiger charge is 2.22. The van der Waals surface area contributed by atoms with Gasteiger partial charge in [0.25, 0.3) is 0 Å². The molecule has 1 aromatic heterocycles. The van der Waals surface area contributed by atoms with Crippen LogP contribution in [0.15, 0.2) is 40.9 Å². The van der Waals surface area contributed by atoms with E-state index >= 15 is 0 Å². The highest BCUT2D eigenvalue weighted by Crippen LogP contribution is 2.28. The molecule has 0 spiro atoms. The summed E-state index contributed by atoms with van der Waals surface area (Å²) in [5.74, 6) is 1.04. The Morgan fingerprint density at radius 1 is 1.33 bits per heavy atom. The summed E-state index contributed by atoms with van der Waals surface area (Å²) in [6.07, 6.45) is 2.13. The van der Waals surface area contributed by atoms with E-state index in [1.165, 1.54) is 5.56 Å². The lowest BCUT2D eigenvalue weighted by Crippen LogP contribution is -2.31. The molecule has 0 N–H and O–H groups in total. The van der Waals surface area contributed by atoms with E-state index in [-0.39, 0.29) is 0 Å². The van der Waals surface area contributed by atoms with Crippen molar-refractivity contribution < 1.29 is 4.74 Å². The van der Waals surface area contributed by atoms with Gasteiger partial charge >= 0.3 is 0 Å². The van der Waals surface area contributed by atoms with Crippen molar-refractivity contribution in [1.29, 1.82) is 0 Å². The number of ether oxygens (including phenoxy) is 1. The van der Waals surface area contributed by atoms with Crippen LogP contribution in [0.5, 0.6) is 0 Å². The van der Waals surface area contributed by atoms with E-state index in [0.717, 1.165) is 51.5 Å². The number of hydrogen-bond donors (Lipinski definition) is 0. The van der Waals surface area contributed by atoms with Crippen LogP contribution in [0.2, 0.25) is 5.02 Å². The number of para-hydroxylation sites is 2. The summed E-state index contributed by atoms with van der Waals surface area (Å²) in [6.45, 7) is 3.79. The fourth-order valence-electron chi connectivity index (χ4n) is 3.12. The Labute approximate surface area is 154 Å². The predicted molar refractivity (Wildman–Crippen MR) is 101 cm³/mol. The molecule has 1 atom stereocenters. The van der Waals surface area contributed by atoms with Crippen molar-refractivity contribution in [3.8, 4) is 0 Å². The molecular weight excluding hydrogens is 388 g/mol. The molecule has 0 aliphatic carbocycles. The van der Waals surface area contributed by atoms with Crippen molar-refractivity contribution in [2.24, 2.45) is 0 Å². The van der Waals surface area contributed by atoms with Gasteiger partial charge in [-0.3, -0.25) is 0 Å². The van der Waals surface area contributed by atoms with E-state index in [4.69, 9.17) is 21.3 Å². The highest BCUT2D eigenvalue weighted by atomic mass is 79.9. The summed E-state index contributed by atoms with van der Waals surface area (Å²) < 4.78 is 8.96. The summed E-state index contributed by atoms with van der Waals surface area (Å²) in [5.41, 5.74) is 4.47. The van der Waals surface area contributed by atoms with Gasteiger partial charge in [-0.15, -0.1) is 0 Å². The molecule has 124 valence electrons. The van der Waals surface area contributed by atoms with Crippen LogP contribution < -0.4 is 0 Å². The standard InChI is InChI=1S/C19H18BrClN2O/c1-12-8-13(16(21)10-15(12)20)9-19-22-17-4-2-3-5-18(17)23(19)11-14-6-7-24-14/h2-5,8,10,14H,6-7,9,11H2,1H3/t14-/m0/s1. The van der Waals surface area contributed by atoms with Gasteiger partial charge in [0.1, 0.15) is 5.82 Å². The smallest absolute Gasteiger partial charge is 0.114 e. The van der Waals surface area contributed by atoms with Crippen molar-refractivity contribution in [3.05, 3.63) is 62.8 Å². The highest BCUT2D eigenvalue weighted by molar-refractivity contribution is 9.10. The largest absolute Gasteiger partial charge is 0.376 e. The van der Waals surface area contributed by atoms with Gasteiger partial charge in [-0.1, -0.05) is 45.7 Å². The first-order valence-electron chi connectivity index (χ1n) is 8.12. The second kappa shape index (κ2) is 6.51. The normalized spacial score (nSPS) is 17.2. The van der Waals surface area contributed by atoms with Crippen molar-refractivity contribution in [2.45, 2.75) is 32.4 Å². The zero-order valence-electron chi connectivity index (χ0n) is 13.4. The summed E-state index contributed by atoms with van der Waals surface area (Å²) in [5, 5.41) is 0.769. The number of aryl methyl sites for hydroxylation is 1. The Morgan fingerprint density at radius 3 is 2.88 bits per heavy atom. The molecule has 2 heterocycles. The van der Waals surface area contributed by atoms with Crippen LogP contribution in [0.1, 0.15) is 23.4 Å². The summed E-state index contributed by atoms with van der Waals surface area (Å²) in [6, 6.07) is 12.4. The molecular formula is C19H18BrClN2O. The van der Waals surface area contributed by atoms with Gasteiger partial charge in [-0.2, -0.15) is 0 Å². The third-order valence-electron chi connectivity index (χ3n) is 4.59. The van der Waals surface area contributed by atoms with E-state index in [2.05, 4.69) is 51.7 Å². The minimum atomic E-state index is 0.295. The Kier molecular flexibility index (Phi) is 4.37. The van der Waals surface area contributed by atoms with E-state index in [0.29, 0.717) is 12.5 Å². The molecule has 0 amide bonds. The van der Waals surface area contributed by atoms with Gasteiger partial charge in [0.15, 0.2) is 0 Å². The van der Waals surface area contributed by atoms with Gasteiger partial charge in [0.2, 0.25) is 0 Å². The number of fused-ring (bicyclic) bond motifs is 1. The molecule has 0 radical (unpaired) electrons. The molecule has 2 aromatic carbocycles. The molecule has 1 aliphatic rings. The van der Waals surface area contributed by atoms with Gasteiger partial charge in [0, 0.05) is 22.5 Å². The summed E-state index contributed by atoms with van der Waals surface area (Å²) in [7, 11) is 0. The molecule has 1 aliphatic heterocycles. The second-order valence-electron chi connectivity index (χ2n) is 6.28. The third kappa shape index (κ3) is 2.99. The van der Waals surface area contributed by atoms with Crippen molar-refractivity contribution in [2.75, 3.05) is 6.61 Å². The zero-order valence-corrected chi connectivity index (χ0v) is 15.8. The Morgan fingerprint density at radius 2 is 2.12 bits per heavy atom. The van der Waals surface area contributed by atoms with Crippen molar-refractivity contribution >= 4 is 38.6 Å². The minimum absolute atomic E-state index is 0.295. The molecule has 4 rings (SSSR count). The molecule has 5 heteroatoms. The maximum absolute atomic E-state index is 6.45. The van der Waals surface area contributed by atoms with Gasteiger partial charge < -0.3 is 9.30 Å². The van der Waals surface area contributed by atoms with Crippen LogP contribution in [0.4, 0.5) is 0 Å². The lowest BCUT2D eigenvalue weighted by molar-refractivity contribution is -0.0589. The van der Waals surface area contributed by atoms with Crippen LogP contribution in [0.25, 0.3) is 11.0 Å². The average Bonchev–Trinajstić information content (AvgIpc) is 2.86. The fraction of sp³-hybridized carbons (Fsp3) is 0.316. The minimum Gasteiger partial charge on any atom is -0.376 e. The Balaban J connectivity index is 1.75. The second-order valence-corrected chi connectivity index (χ2v) is 7.54. The molecule has 24 heavy (non-hydrogen) atoms. The monoisotopic (exact) mass is 404 g/mol. The molecule has 0 unspecified atom stereocenters. The van der Waals surface area contributed by atoms with Crippen molar-refractivity contribution in [1.82, 2.24) is 9.55 Å². The van der Waals surface area contributed by atoms with E-state index < -0.39 is 0 Å². The number of rotatable bonds is 4. The van der Waals surface area contributed by atoms with Crippen LogP contribution in [0, 0.1) is 6.92 Å². The average molecular weight is 406 g/mol. The SMILES string of the molecule is Cc1cc(Cc2nc3ccccc3n2C[C@@H]2CCO2)c(Cl)cc1Br. The zero-order chi connectivity index (χ0) is 16.7. The lowest BCUT2D eigenvalue weighted by Gasteiger charge is -2.27. The van der Waals surface area contributed by atoms with Gasteiger partial charge in [-0.25, -0.2) is 4.98 Å². The van der Waals surface area contributed by atoms with Crippen LogP contribution in [-0.2, 0) is 17.7 Å². The van der Waals surface area contributed by atoms with E-state index in [1.807, 2.05) is 12.1 Å². The molecule has 3 aromatic rings. The Bertz CT molecular complexity index is 902. The van der Waals surface area contributed by atoms with Gasteiger partial charge in [-0.05, 0) is 42.7 Å². The first-order valence-corrected chi connectivity index (χ1v) is 9.29. The number of nitrogens with zero attached hydrogens (tertiary/aromatic N) is 2. The number of imidazole rings is 1.